The number of hydrogen-bond acceptors (Lipinski definition) is 2. The molecule has 0 amide bonds. The summed E-state index contributed by atoms with van der Waals surface area (Å²) in [5.41, 5.74) is 0. The van der Waals surface area contributed by atoms with E-state index in [1.54, 1.807) is 6.08 Å². The predicted molar refractivity (Wildman–Crippen MR) is 61.6 cm³/mol. The molecular formula is C13H22O2. The maximum Gasteiger partial charge on any atom is 0.330 e. The van der Waals surface area contributed by atoms with Gasteiger partial charge in [-0.25, -0.2) is 4.79 Å². The first kappa shape index (κ1) is 12.3. The number of esters is 1. The number of ether oxygens (including phenoxy) is 1. The highest BCUT2D eigenvalue weighted by atomic mass is 16.5. The molecule has 15 heavy (non-hydrogen) atoms. The van der Waals surface area contributed by atoms with E-state index in [-0.39, 0.29) is 12.1 Å². The van der Waals surface area contributed by atoms with Gasteiger partial charge in [-0.2, -0.15) is 0 Å². The fraction of sp³-hybridized carbons (Fsp3) is 0.769. The lowest BCUT2D eigenvalue weighted by Gasteiger charge is -2.17. The second-order valence-electron chi connectivity index (χ2n) is 4.41. The van der Waals surface area contributed by atoms with Gasteiger partial charge in [-0.05, 0) is 32.1 Å². The van der Waals surface area contributed by atoms with E-state index in [2.05, 4.69) is 0 Å². The third kappa shape index (κ3) is 5.01. The van der Waals surface area contributed by atoms with E-state index in [0.717, 1.165) is 6.42 Å². The number of carbonyl (C=O) groups is 1. The van der Waals surface area contributed by atoms with Gasteiger partial charge in [-0.15, -0.1) is 0 Å². The predicted octanol–water partition coefficient (Wildman–Crippen LogP) is 3.46. The van der Waals surface area contributed by atoms with Gasteiger partial charge in [-0.1, -0.05) is 32.3 Å². The van der Waals surface area contributed by atoms with E-state index < -0.39 is 0 Å². The summed E-state index contributed by atoms with van der Waals surface area (Å²) in [6.45, 7) is 3.94. The maximum absolute atomic E-state index is 11.3. The molecule has 0 radical (unpaired) electrons. The first-order valence-electron chi connectivity index (χ1n) is 6.11. The summed E-state index contributed by atoms with van der Waals surface area (Å²) in [5, 5.41) is 0. The van der Waals surface area contributed by atoms with Crippen molar-refractivity contribution in [2.45, 2.75) is 58.5 Å². The van der Waals surface area contributed by atoms with Gasteiger partial charge in [0.25, 0.3) is 0 Å². The monoisotopic (exact) mass is 210 g/mol. The van der Waals surface area contributed by atoms with Crippen LogP contribution in [0.5, 0.6) is 0 Å². The van der Waals surface area contributed by atoms with Crippen LogP contribution < -0.4 is 0 Å². The summed E-state index contributed by atoms with van der Waals surface area (Å²) in [6.07, 6.45) is 11.0. The largest absolute Gasteiger partial charge is 0.460 e. The standard InChI is InChI=1S/C13H22O2/c1-3-11(2)15-13(14)10-9-12-7-5-4-6-8-12/h9-12H,3-8H2,1-2H3/b10-9+. The van der Waals surface area contributed by atoms with Crippen molar-refractivity contribution < 1.29 is 9.53 Å². The van der Waals surface area contributed by atoms with Crippen molar-refractivity contribution in [3.05, 3.63) is 12.2 Å². The summed E-state index contributed by atoms with van der Waals surface area (Å²) < 4.78 is 5.16. The molecule has 86 valence electrons. The second-order valence-corrected chi connectivity index (χ2v) is 4.41. The van der Waals surface area contributed by atoms with Crippen LogP contribution in [0.2, 0.25) is 0 Å². The lowest BCUT2D eigenvalue weighted by molar-refractivity contribution is -0.142. The van der Waals surface area contributed by atoms with Gasteiger partial charge in [0.2, 0.25) is 0 Å². The van der Waals surface area contributed by atoms with Crippen molar-refractivity contribution >= 4 is 5.97 Å². The summed E-state index contributed by atoms with van der Waals surface area (Å²) in [6, 6.07) is 0. The van der Waals surface area contributed by atoms with Gasteiger partial charge in [0.05, 0.1) is 6.10 Å². The normalized spacial score (nSPS) is 20.4. The van der Waals surface area contributed by atoms with E-state index in [9.17, 15) is 4.79 Å². The average molecular weight is 210 g/mol. The number of rotatable bonds is 4. The summed E-state index contributed by atoms with van der Waals surface area (Å²) in [4.78, 5) is 11.3. The summed E-state index contributed by atoms with van der Waals surface area (Å²) >= 11 is 0. The molecule has 1 aliphatic rings. The number of hydrogen-bond donors (Lipinski definition) is 0. The molecule has 1 rings (SSSR count). The van der Waals surface area contributed by atoms with Crippen molar-refractivity contribution in [2.75, 3.05) is 0 Å². The second kappa shape index (κ2) is 6.65. The molecule has 1 aliphatic carbocycles. The highest BCUT2D eigenvalue weighted by molar-refractivity contribution is 5.82. The SMILES string of the molecule is CCC(C)OC(=O)/C=C/C1CCCCC1. The Balaban J connectivity index is 2.26. The van der Waals surface area contributed by atoms with Crippen LogP contribution in [0.4, 0.5) is 0 Å². The summed E-state index contributed by atoms with van der Waals surface area (Å²) in [5.74, 6) is 0.415. The lowest BCUT2D eigenvalue weighted by Crippen LogP contribution is -2.12. The van der Waals surface area contributed by atoms with Crippen molar-refractivity contribution in [2.24, 2.45) is 5.92 Å². The fourth-order valence-corrected chi connectivity index (χ4v) is 1.86. The van der Waals surface area contributed by atoms with Crippen molar-refractivity contribution in [1.29, 1.82) is 0 Å². The van der Waals surface area contributed by atoms with Gasteiger partial charge in [0.15, 0.2) is 0 Å². The van der Waals surface area contributed by atoms with Crippen LogP contribution in [0.1, 0.15) is 52.4 Å². The highest BCUT2D eigenvalue weighted by Gasteiger charge is 2.11. The Morgan fingerprint density at radius 2 is 2.07 bits per heavy atom. The first-order valence-corrected chi connectivity index (χ1v) is 6.11. The van der Waals surface area contributed by atoms with Gasteiger partial charge >= 0.3 is 5.97 Å². The Morgan fingerprint density at radius 1 is 1.40 bits per heavy atom. The molecule has 1 fully saturated rings. The molecule has 0 heterocycles. The van der Waals surface area contributed by atoms with Crippen molar-refractivity contribution in [3.8, 4) is 0 Å². The minimum Gasteiger partial charge on any atom is -0.460 e. The highest BCUT2D eigenvalue weighted by Crippen LogP contribution is 2.24. The molecule has 1 unspecified atom stereocenters. The van der Waals surface area contributed by atoms with Crippen LogP contribution in [-0.2, 0) is 9.53 Å². The van der Waals surface area contributed by atoms with Gasteiger partial charge in [0, 0.05) is 6.08 Å². The van der Waals surface area contributed by atoms with Crippen LogP contribution >= 0.6 is 0 Å². The number of allylic oxidation sites excluding steroid dienone is 1. The fourth-order valence-electron chi connectivity index (χ4n) is 1.86. The van der Waals surface area contributed by atoms with Crippen LogP contribution in [0.15, 0.2) is 12.2 Å². The maximum atomic E-state index is 11.3. The smallest absolute Gasteiger partial charge is 0.330 e. The molecule has 0 spiro atoms. The minimum absolute atomic E-state index is 0.0357. The van der Waals surface area contributed by atoms with Gasteiger partial charge in [0.1, 0.15) is 0 Å². The zero-order chi connectivity index (χ0) is 11.1. The first-order chi connectivity index (χ1) is 7.22. The van der Waals surface area contributed by atoms with Crippen molar-refractivity contribution in [3.63, 3.8) is 0 Å². The summed E-state index contributed by atoms with van der Waals surface area (Å²) in [7, 11) is 0. The molecule has 1 atom stereocenters. The molecule has 2 nitrogen and oxygen atoms in total. The number of carbonyl (C=O) groups excluding carboxylic acids is 1. The quantitative estimate of drug-likeness (QED) is 0.524. The molecule has 0 aromatic rings. The topological polar surface area (TPSA) is 26.3 Å². The van der Waals surface area contributed by atoms with Crippen LogP contribution in [0.25, 0.3) is 0 Å². The molecule has 0 saturated heterocycles. The Labute approximate surface area is 92.7 Å². The molecule has 0 N–H and O–H groups in total. The van der Waals surface area contributed by atoms with E-state index in [4.69, 9.17) is 4.74 Å². The minimum atomic E-state index is -0.185. The molecule has 0 aromatic carbocycles. The van der Waals surface area contributed by atoms with E-state index in [1.807, 2.05) is 19.9 Å². The van der Waals surface area contributed by atoms with Crippen LogP contribution in [-0.4, -0.2) is 12.1 Å². The third-order valence-corrected chi connectivity index (χ3v) is 3.05. The lowest BCUT2D eigenvalue weighted by atomic mass is 9.89. The molecule has 0 aromatic heterocycles. The van der Waals surface area contributed by atoms with Gasteiger partial charge in [-0.3, -0.25) is 0 Å². The van der Waals surface area contributed by atoms with Crippen LogP contribution in [0, 0.1) is 5.92 Å². The Hall–Kier alpha value is -0.790. The Bertz CT molecular complexity index is 215. The third-order valence-electron chi connectivity index (χ3n) is 3.05. The Morgan fingerprint density at radius 3 is 2.67 bits per heavy atom. The molecular weight excluding hydrogens is 188 g/mol. The Kier molecular flexibility index (Phi) is 5.44. The van der Waals surface area contributed by atoms with E-state index in [1.165, 1.54) is 32.1 Å². The zero-order valence-electron chi connectivity index (χ0n) is 9.87. The van der Waals surface area contributed by atoms with Gasteiger partial charge < -0.3 is 4.74 Å². The van der Waals surface area contributed by atoms with E-state index in [0.29, 0.717) is 5.92 Å². The van der Waals surface area contributed by atoms with Crippen molar-refractivity contribution in [1.82, 2.24) is 0 Å². The van der Waals surface area contributed by atoms with E-state index >= 15 is 0 Å². The average Bonchev–Trinajstić information content (AvgIpc) is 2.27. The zero-order valence-corrected chi connectivity index (χ0v) is 9.87. The molecule has 2 heteroatoms. The molecule has 0 aliphatic heterocycles. The molecule has 0 bridgehead atoms. The molecule has 1 saturated carbocycles. The van der Waals surface area contributed by atoms with Crippen LogP contribution in [0.3, 0.4) is 0 Å².